The molecule has 9 heteroatoms. The molecule has 146 valence electrons. The van der Waals surface area contributed by atoms with E-state index in [4.69, 9.17) is 46.0 Å². The van der Waals surface area contributed by atoms with E-state index in [0.717, 1.165) is 4.90 Å². The van der Waals surface area contributed by atoms with Gasteiger partial charge in [-0.2, -0.15) is 0 Å². The van der Waals surface area contributed by atoms with E-state index in [2.05, 4.69) is 11.2 Å². The number of amides is 4. The van der Waals surface area contributed by atoms with Crippen molar-refractivity contribution < 1.29 is 19.1 Å². The summed E-state index contributed by atoms with van der Waals surface area (Å²) >= 11 is 18.2. The van der Waals surface area contributed by atoms with Crippen molar-refractivity contribution >= 4 is 64.4 Å². The van der Waals surface area contributed by atoms with Crippen molar-refractivity contribution in [3.63, 3.8) is 0 Å². The van der Waals surface area contributed by atoms with Gasteiger partial charge >= 0.3 is 6.03 Å². The van der Waals surface area contributed by atoms with Gasteiger partial charge in [-0.25, -0.2) is 9.69 Å². The van der Waals surface area contributed by atoms with Crippen LogP contribution in [0.25, 0.3) is 6.08 Å². The van der Waals surface area contributed by atoms with Crippen molar-refractivity contribution in [2.75, 3.05) is 11.5 Å². The van der Waals surface area contributed by atoms with Crippen LogP contribution in [-0.2, 0) is 9.59 Å². The summed E-state index contributed by atoms with van der Waals surface area (Å²) in [6.45, 7) is -0.0303. The molecule has 0 radical (unpaired) electrons. The van der Waals surface area contributed by atoms with Crippen LogP contribution in [0.1, 0.15) is 5.56 Å². The smallest absolute Gasteiger partial charge is 0.335 e. The largest absolute Gasteiger partial charge is 0.478 e. The first kappa shape index (κ1) is 20.7. The molecule has 0 saturated carbocycles. The number of rotatable bonds is 4. The monoisotopic (exact) mass is 448 g/mol. The summed E-state index contributed by atoms with van der Waals surface area (Å²) in [6.07, 6.45) is 6.42. The van der Waals surface area contributed by atoms with E-state index in [1.807, 2.05) is 0 Å². The molecule has 2 aromatic carbocycles. The first-order valence-electron chi connectivity index (χ1n) is 8.04. The molecule has 0 atom stereocenters. The predicted octanol–water partition coefficient (Wildman–Crippen LogP) is 4.33. The number of nitrogens with one attached hydrogen (secondary N) is 1. The topological polar surface area (TPSA) is 75.7 Å². The fourth-order valence-corrected chi connectivity index (χ4v) is 3.39. The second kappa shape index (κ2) is 8.58. The summed E-state index contributed by atoms with van der Waals surface area (Å²) in [6, 6.07) is 8.13. The zero-order chi connectivity index (χ0) is 21.1. The lowest BCUT2D eigenvalue weighted by Crippen LogP contribution is -2.54. The van der Waals surface area contributed by atoms with E-state index in [0.29, 0.717) is 10.6 Å². The number of benzene rings is 2. The van der Waals surface area contributed by atoms with Gasteiger partial charge in [0.25, 0.3) is 11.8 Å². The number of anilines is 1. The minimum Gasteiger partial charge on any atom is -0.478 e. The standard InChI is InChI=1S/C20H11Cl3N2O4/c1-2-6-29-17-15(22)8-11(9-16(17)23)7-14-18(26)24-20(28)25(19(14)27)13-5-3-4-12(21)10-13/h1,3-5,7-10H,6H2,(H,24,26,28)/b14-7+. The van der Waals surface area contributed by atoms with Crippen molar-refractivity contribution in [3.05, 3.63) is 62.6 Å². The van der Waals surface area contributed by atoms with Gasteiger partial charge in [0.1, 0.15) is 12.2 Å². The van der Waals surface area contributed by atoms with Crippen molar-refractivity contribution in [3.8, 4) is 18.1 Å². The summed E-state index contributed by atoms with van der Waals surface area (Å²) in [7, 11) is 0. The Kier molecular flexibility index (Phi) is 6.14. The molecule has 1 N–H and O–H groups in total. The van der Waals surface area contributed by atoms with Gasteiger partial charge in [-0.05, 0) is 42.0 Å². The quantitative estimate of drug-likeness (QED) is 0.428. The second-order valence-electron chi connectivity index (χ2n) is 5.74. The van der Waals surface area contributed by atoms with E-state index < -0.39 is 17.8 Å². The Bertz CT molecular complexity index is 1080. The predicted molar refractivity (Wildman–Crippen MR) is 111 cm³/mol. The van der Waals surface area contributed by atoms with Crippen LogP contribution in [0.2, 0.25) is 15.1 Å². The Morgan fingerprint density at radius 3 is 2.41 bits per heavy atom. The van der Waals surface area contributed by atoms with Crippen molar-refractivity contribution in [1.82, 2.24) is 5.32 Å². The Hall–Kier alpha value is -2.98. The van der Waals surface area contributed by atoms with Crippen LogP contribution in [-0.4, -0.2) is 24.5 Å². The average Bonchev–Trinajstić information content (AvgIpc) is 2.64. The maximum absolute atomic E-state index is 12.9. The molecule has 1 heterocycles. The zero-order valence-electron chi connectivity index (χ0n) is 14.5. The summed E-state index contributed by atoms with van der Waals surface area (Å²) in [4.78, 5) is 38.1. The molecule has 1 aliphatic heterocycles. The minimum absolute atomic E-state index is 0.0303. The number of ether oxygens (including phenoxy) is 1. The summed E-state index contributed by atoms with van der Waals surface area (Å²) in [5, 5.41) is 2.73. The van der Waals surface area contributed by atoms with Crippen molar-refractivity contribution in [2.45, 2.75) is 0 Å². The third kappa shape index (κ3) is 4.38. The first-order chi connectivity index (χ1) is 13.8. The van der Waals surface area contributed by atoms with Crippen molar-refractivity contribution in [2.24, 2.45) is 0 Å². The molecule has 6 nitrogen and oxygen atoms in total. The van der Waals surface area contributed by atoms with Gasteiger partial charge in [-0.15, -0.1) is 6.42 Å². The highest BCUT2D eigenvalue weighted by Gasteiger charge is 2.36. The molecular weight excluding hydrogens is 439 g/mol. The summed E-state index contributed by atoms with van der Waals surface area (Å²) < 4.78 is 5.27. The third-order valence-corrected chi connectivity index (χ3v) is 4.60. The van der Waals surface area contributed by atoms with Gasteiger partial charge < -0.3 is 4.74 Å². The molecule has 0 aliphatic carbocycles. The normalized spacial score (nSPS) is 15.3. The molecule has 1 aliphatic rings. The van der Waals surface area contributed by atoms with Crippen molar-refractivity contribution in [1.29, 1.82) is 0 Å². The lowest BCUT2D eigenvalue weighted by atomic mass is 10.1. The number of terminal acetylenes is 1. The fraction of sp³-hybridized carbons (Fsp3) is 0.0500. The van der Waals surface area contributed by atoms with Crippen LogP contribution in [0, 0.1) is 12.3 Å². The molecule has 29 heavy (non-hydrogen) atoms. The number of urea groups is 1. The Balaban J connectivity index is 2.00. The SMILES string of the molecule is C#CCOc1c(Cl)cc(/C=C2\C(=O)NC(=O)N(c3cccc(Cl)c3)C2=O)cc1Cl. The molecule has 4 amide bonds. The Morgan fingerprint density at radius 1 is 1.10 bits per heavy atom. The number of imide groups is 2. The highest BCUT2D eigenvalue weighted by molar-refractivity contribution is 6.40. The summed E-state index contributed by atoms with van der Waals surface area (Å²) in [5.74, 6) is 0.812. The number of carbonyl (C=O) groups excluding carboxylic acids is 3. The van der Waals surface area contributed by atoms with Crippen LogP contribution < -0.4 is 15.0 Å². The third-order valence-electron chi connectivity index (χ3n) is 3.80. The van der Waals surface area contributed by atoms with Gasteiger partial charge in [0.15, 0.2) is 5.75 Å². The molecule has 0 bridgehead atoms. The van der Waals surface area contributed by atoms with Gasteiger partial charge in [0.2, 0.25) is 0 Å². The minimum atomic E-state index is -0.881. The number of hydrogen-bond donors (Lipinski definition) is 1. The first-order valence-corrected chi connectivity index (χ1v) is 9.17. The van der Waals surface area contributed by atoms with Gasteiger partial charge in [-0.3, -0.25) is 14.9 Å². The maximum atomic E-state index is 12.9. The van der Waals surface area contributed by atoms with Gasteiger partial charge in [-0.1, -0.05) is 46.8 Å². The Labute approximate surface area is 181 Å². The molecule has 0 spiro atoms. The van der Waals surface area contributed by atoms with E-state index in [9.17, 15) is 14.4 Å². The van der Waals surface area contributed by atoms with Gasteiger partial charge in [0, 0.05) is 5.02 Å². The number of hydrogen-bond acceptors (Lipinski definition) is 4. The van der Waals surface area contributed by atoms with E-state index in [1.54, 1.807) is 12.1 Å². The fourth-order valence-electron chi connectivity index (χ4n) is 2.59. The van der Waals surface area contributed by atoms with E-state index in [-0.39, 0.29) is 33.7 Å². The maximum Gasteiger partial charge on any atom is 0.335 e. The number of carbonyl (C=O) groups is 3. The highest BCUT2D eigenvalue weighted by atomic mass is 35.5. The van der Waals surface area contributed by atoms with Crippen LogP contribution in [0.3, 0.4) is 0 Å². The molecule has 1 saturated heterocycles. The van der Waals surface area contributed by atoms with Crippen LogP contribution in [0.4, 0.5) is 10.5 Å². The van der Waals surface area contributed by atoms with E-state index in [1.165, 1.54) is 30.3 Å². The van der Waals surface area contributed by atoms with Crippen LogP contribution in [0.15, 0.2) is 42.0 Å². The number of barbiturate groups is 1. The molecule has 0 unspecified atom stereocenters. The lowest BCUT2D eigenvalue weighted by molar-refractivity contribution is -0.122. The molecular formula is C20H11Cl3N2O4. The molecule has 2 aromatic rings. The van der Waals surface area contributed by atoms with Gasteiger partial charge in [0.05, 0.1) is 15.7 Å². The Morgan fingerprint density at radius 2 is 1.79 bits per heavy atom. The summed E-state index contributed by atoms with van der Waals surface area (Å²) in [5.41, 5.74) is 0.286. The number of halogens is 3. The average molecular weight is 450 g/mol. The number of nitrogens with zero attached hydrogens (tertiary/aromatic N) is 1. The molecule has 0 aromatic heterocycles. The zero-order valence-corrected chi connectivity index (χ0v) is 16.8. The molecule has 1 fully saturated rings. The molecule has 3 rings (SSSR count). The highest BCUT2D eigenvalue weighted by Crippen LogP contribution is 2.35. The van der Waals surface area contributed by atoms with E-state index >= 15 is 0 Å². The lowest BCUT2D eigenvalue weighted by Gasteiger charge is -2.26. The van der Waals surface area contributed by atoms with Crippen LogP contribution in [0.5, 0.6) is 5.75 Å². The van der Waals surface area contributed by atoms with Crippen LogP contribution >= 0.6 is 34.8 Å². The second-order valence-corrected chi connectivity index (χ2v) is 7.00.